The van der Waals surface area contributed by atoms with Gasteiger partial charge in [0.05, 0.1) is 0 Å². The summed E-state index contributed by atoms with van der Waals surface area (Å²) in [6.07, 6.45) is 0. The summed E-state index contributed by atoms with van der Waals surface area (Å²) in [6.45, 7) is 0. The average Bonchev–Trinajstić information content (AvgIpc) is 1.46. The van der Waals surface area contributed by atoms with Gasteiger partial charge in [0, 0.05) is 0 Å². The SMILES string of the molecule is F.F.F.F.F.F.OF.[O]=[Nb]=[O]. The van der Waals surface area contributed by atoms with Crippen LogP contribution in [0.15, 0.2) is 0 Å². The fourth-order valence-electron chi connectivity index (χ4n) is 0. The van der Waals surface area contributed by atoms with Crippen LogP contribution in [0.25, 0.3) is 0 Å². The summed E-state index contributed by atoms with van der Waals surface area (Å²) < 4.78 is 25.5. The van der Waals surface area contributed by atoms with Crippen LogP contribution in [0.4, 0.5) is 32.8 Å². The standard InChI is InChI=1S/FHO.6FH.Nb.2O/c1-2;;;;;;;;;/h2H;6*1H;;;. The average molecular weight is 281 g/mol. The fourth-order valence-corrected chi connectivity index (χ4v) is 0. The van der Waals surface area contributed by atoms with E-state index in [1.807, 2.05) is 0 Å². The minimum absolute atomic E-state index is 0. The Morgan fingerprint density at radius 3 is 0.727 bits per heavy atom. The first kappa shape index (κ1) is 132. The van der Waals surface area contributed by atoms with Crippen molar-refractivity contribution >= 4 is 0 Å². The molecule has 3 nitrogen and oxygen atoms in total. The molecule has 0 atom stereocenters. The van der Waals surface area contributed by atoms with Crippen LogP contribution in [0.5, 0.6) is 0 Å². The summed E-state index contributed by atoms with van der Waals surface area (Å²) in [5, 5.41) is 5.50. The van der Waals surface area contributed by atoms with Gasteiger partial charge in [-0.15, -0.1) is 0 Å². The molecule has 0 aliphatic heterocycles. The van der Waals surface area contributed by atoms with Gasteiger partial charge >= 0.3 is 26.2 Å². The zero-order chi connectivity index (χ0) is 4.71. The molecule has 0 aromatic rings. The Labute approximate surface area is 65.1 Å². The minimum atomic E-state index is -2.15. The Hall–Kier alpha value is -0.190. The number of hydrogen-bond acceptors (Lipinski definition) is 3. The van der Waals surface area contributed by atoms with Gasteiger partial charge in [-0.1, -0.05) is 4.53 Å². The van der Waals surface area contributed by atoms with Crippen LogP contribution in [-0.2, 0) is 26.2 Å². The van der Waals surface area contributed by atoms with Crippen LogP contribution < -0.4 is 0 Å². The molecule has 0 aromatic heterocycles. The Bertz CT molecular complexity index is 34.7. The Morgan fingerprint density at radius 1 is 0.727 bits per heavy atom. The van der Waals surface area contributed by atoms with Crippen molar-refractivity contribution in [3.8, 4) is 0 Å². The molecule has 11 heavy (non-hydrogen) atoms. The monoisotopic (exact) mass is 281 g/mol. The summed E-state index contributed by atoms with van der Waals surface area (Å²) in [5.74, 6) is 0. The predicted molar refractivity (Wildman–Crippen MR) is 19.7 cm³/mol. The molecule has 11 heteroatoms. The Balaban J connectivity index is -0.00000000181. The van der Waals surface area contributed by atoms with E-state index < -0.39 is 19.7 Å². The van der Waals surface area contributed by atoms with Crippen molar-refractivity contribution in [3.05, 3.63) is 0 Å². The van der Waals surface area contributed by atoms with E-state index in [0.717, 1.165) is 0 Å². The van der Waals surface area contributed by atoms with Gasteiger partial charge in [-0.2, -0.15) is 0 Å². The zero-order valence-corrected chi connectivity index (χ0v) is 6.74. The quantitative estimate of drug-likeness (QED) is 0.521. The molecule has 0 saturated heterocycles. The molecule has 0 bridgehead atoms. The molecule has 0 unspecified atom stereocenters. The van der Waals surface area contributed by atoms with Gasteiger partial charge in [0.25, 0.3) is 0 Å². The van der Waals surface area contributed by atoms with Crippen LogP contribution in [0.1, 0.15) is 0 Å². The van der Waals surface area contributed by atoms with E-state index in [2.05, 4.69) is 0 Å². The van der Waals surface area contributed by atoms with Crippen molar-refractivity contribution in [2.24, 2.45) is 0 Å². The fraction of sp³-hybridized carbons (Fsp3) is 0. The van der Waals surface area contributed by atoms with Gasteiger partial charge in [0.2, 0.25) is 0 Å². The van der Waals surface area contributed by atoms with Gasteiger partial charge < -0.3 is 0 Å². The Kier molecular flexibility index (Phi) is 13900. The van der Waals surface area contributed by atoms with Crippen LogP contribution in [0.2, 0.25) is 0 Å². The van der Waals surface area contributed by atoms with Gasteiger partial charge in [0.15, 0.2) is 0 Å². The van der Waals surface area contributed by atoms with Crippen molar-refractivity contribution in [3.63, 3.8) is 0 Å². The second-order valence-electron chi connectivity index (χ2n) is 0.0745. The molecule has 79 valence electrons. The molecule has 0 aromatic carbocycles. The summed E-state index contributed by atoms with van der Waals surface area (Å²) in [4.78, 5) is 0. The maximum absolute atomic E-state index is 8.52. The molecule has 0 aliphatic rings. The van der Waals surface area contributed by atoms with Crippen molar-refractivity contribution < 1.29 is 64.3 Å². The molecular weight excluding hydrogens is 274 g/mol. The van der Waals surface area contributed by atoms with Crippen molar-refractivity contribution in [2.45, 2.75) is 0 Å². The van der Waals surface area contributed by atoms with E-state index in [4.69, 9.17) is 16.3 Å². The van der Waals surface area contributed by atoms with E-state index in [9.17, 15) is 0 Å². The molecule has 0 rings (SSSR count). The topological polar surface area (TPSA) is 54.4 Å². The van der Waals surface area contributed by atoms with Gasteiger partial charge in [-0.3, -0.25) is 28.2 Å². The second-order valence-corrected chi connectivity index (χ2v) is 0.441. The second kappa shape index (κ2) is 1160. The zero-order valence-electron chi connectivity index (χ0n) is 4.54. The van der Waals surface area contributed by atoms with Crippen molar-refractivity contribution in [1.29, 1.82) is 0 Å². The number of rotatable bonds is 0. The van der Waals surface area contributed by atoms with Gasteiger partial charge in [-0.25, -0.2) is 5.31 Å². The molecule has 0 saturated carbocycles. The summed E-state index contributed by atoms with van der Waals surface area (Å²) in [6, 6.07) is 0. The van der Waals surface area contributed by atoms with Crippen LogP contribution in [-0.4, -0.2) is 5.31 Å². The summed E-state index contributed by atoms with van der Waals surface area (Å²) in [7, 11) is 0. The van der Waals surface area contributed by atoms with Crippen LogP contribution >= 0.6 is 0 Å². The van der Waals surface area contributed by atoms with Crippen LogP contribution in [0, 0.1) is 0 Å². The van der Waals surface area contributed by atoms with E-state index in [1.165, 1.54) is 0 Å². The molecule has 0 fully saturated rings. The molecule has 0 radical (unpaired) electrons. The maximum atomic E-state index is 8.52. The molecule has 0 amide bonds. The molecule has 1 N–H and O–H groups in total. The third kappa shape index (κ3) is 16600. The normalized spacial score (nSPS) is 1.27. The van der Waals surface area contributed by atoms with E-state index in [1.54, 1.807) is 0 Å². The van der Waals surface area contributed by atoms with E-state index >= 15 is 0 Å². The molecule has 0 aliphatic carbocycles. The molecular formula is H7F7NbO3. The number of halogens is 7. The molecule has 0 spiro atoms. The third-order valence-electron chi connectivity index (χ3n) is 0. The predicted octanol–water partition coefficient (Wildman–Crippen LogP) is 0.538. The van der Waals surface area contributed by atoms with Gasteiger partial charge in [0.1, 0.15) is 0 Å². The number of hydrogen-bond donors (Lipinski definition) is 1. The Morgan fingerprint density at radius 2 is 0.727 bits per heavy atom. The van der Waals surface area contributed by atoms with Crippen LogP contribution in [0.3, 0.4) is 0 Å². The first-order valence-electron chi connectivity index (χ1n) is 0.534. The van der Waals surface area contributed by atoms with E-state index in [0.29, 0.717) is 0 Å². The van der Waals surface area contributed by atoms with E-state index in [-0.39, 0.29) is 28.2 Å². The van der Waals surface area contributed by atoms with Gasteiger partial charge in [-0.05, 0) is 0 Å². The van der Waals surface area contributed by atoms with Crippen molar-refractivity contribution in [1.82, 2.24) is 0 Å². The summed E-state index contributed by atoms with van der Waals surface area (Å²) >= 11 is -2.15. The summed E-state index contributed by atoms with van der Waals surface area (Å²) in [5.41, 5.74) is 0. The first-order chi connectivity index (χ1) is 2.41. The van der Waals surface area contributed by atoms with Crippen molar-refractivity contribution in [2.75, 3.05) is 0 Å². The molecule has 0 heterocycles. The third-order valence-corrected chi connectivity index (χ3v) is 0. The first-order valence-corrected chi connectivity index (χ1v) is 2.33.